The molecular weight excluding hydrogens is 278 g/mol. The number of hydrogen-bond donors (Lipinski definition) is 2. The second kappa shape index (κ2) is 4.88. The highest BCUT2D eigenvalue weighted by molar-refractivity contribution is 7.16. The van der Waals surface area contributed by atoms with Gasteiger partial charge in [-0.1, -0.05) is 13.0 Å². The van der Waals surface area contributed by atoms with Crippen molar-refractivity contribution < 1.29 is 0 Å². The molecule has 3 N–H and O–H groups in total. The van der Waals surface area contributed by atoms with Gasteiger partial charge in [0.2, 0.25) is 0 Å². The Kier molecular flexibility index (Phi) is 3.00. The lowest BCUT2D eigenvalue weighted by Crippen LogP contribution is -2.00. The van der Waals surface area contributed by atoms with Gasteiger partial charge in [0.15, 0.2) is 0 Å². The predicted octanol–water partition coefficient (Wildman–Crippen LogP) is 4.31. The highest BCUT2D eigenvalue weighted by Crippen LogP contribution is 2.41. The summed E-state index contributed by atoms with van der Waals surface area (Å²) in [6.45, 7) is 2.17. The van der Waals surface area contributed by atoms with Gasteiger partial charge in [0, 0.05) is 4.88 Å². The number of nitrogen functional groups attached to an aromatic ring is 1. The number of H-pyrrole nitrogens is 1. The second-order valence-corrected chi connectivity index (χ2v) is 6.88. The van der Waals surface area contributed by atoms with E-state index in [1.54, 1.807) is 11.3 Å². The zero-order valence-corrected chi connectivity index (χ0v) is 13.0. The summed E-state index contributed by atoms with van der Waals surface area (Å²) in [7, 11) is 0. The Labute approximate surface area is 128 Å². The van der Waals surface area contributed by atoms with Crippen LogP contribution < -0.4 is 5.73 Å². The number of thiophene rings is 1. The monoisotopic (exact) mass is 297 g/mol. The van der Waals surface area contributed by atoms with Crippen LogP contribution in [0.25, 0.3) is 22.4 Å². The Morgan fingerprint density at radius 3 is 3.00 bits per heavy atom. The summed E-state index contributed by atoms with van der Waals surface area (Å²) in [6.07, 6.45) is 5.89. The van der Waals surface area contributed by atoms with Crippen LogP contribution >= 0.6 is 11.3 Å². The maximum Gasteiger partial charge on any atom is 0.141 e. The lowest BCUT2D eigenvalue weighted by molar-refractivity contribution is 0.698. The molecule has 3 aromatic rings. The van der Waals surface area contributed by atoms with Gasteiger partial charge in [-0.05, 0) is 55.4 Å². The largest absolute Gasteiger partial charge is 0.390 e. The third-order valence-electron chi connectivity index (χ3n) is 4.39. The van der Waals surface area contributed by atoms with E-state index in [1.807, 2.05) is 0 Å². The summed E-state index contributed by atoms with van der Waals surface area (Å²) in [4.78, 5) is 9.71. The molecule has 1 aliphatic rings. The van der Waals surface area contributed by atoms with Crippen LogP contribution in [0.15, 0.2) is 18.2 Å². The average molecular weight is 297 g/mol. The number of aromatic amines is 1. The Morgan fingerprint density at radius 2 is 2.14 bits per heavy atom. The van der Waals surface area contributed by atoms with Crippen LogP contribution in [0.4, 0.5) is 5.00 Å². The Hall–Kier alpha value is -1.81. The lowest BCUT2D eigenvalue weighted by atomic mass is 9.95. The molecule has 4 rings (SSSR count). The smallest absolute Gasteiger partial charge is 0.141 e. The zero-order chi connectivity index (χ0) is 14.4. The van der Waals surface area contributed by atoms with E-state index in [9.17, 15) is 0 Å². The Morgan fingerprint density at radius 1 is 1.29 bits per heavy atom. The molecule has 3 nitrogen and oxygen atoms in total. The van der Waals surface area contributed by atoms with Crippen LogP contribution in [0.1, 0.15) is 35.8 Å². The van der Waals surface area contributed by atoms with E-state index in [0.717, 1.165) is 40.3 Å². The fourth-order valence-electron chi connectivity index (χ4n) is 3.24. The summed E-state index contributed by atoms with van der Waals surface area (Å²) in [5.74, 6) is 0.940. The van der Waals surface area contributed by atoms with Gasteiger partial charge in [-0.3, -0.25) is 0 Å². The molecular formula is C17H19N3S. The normalized spacial score (nSPS) is 14.5. The number of benzene rings is 1. The molecule has 1 aliphatic carbocycles. The van der Waals surface area contributed by atoms with Crippen molar-refractivity contribution in [3.8, 4) is 11.4 Å². The lowest BCUT2D eigenvalue weighted by Gasteiger charge is -2.11. The number of nitrogens with zero attached hydrogens (tertiary/aromatic N) is 1. The van der Waals surface area contributed by atoms with Gasteiger partial charge in [-0.25, -0.2) is 4.98 Å². The summed E-state index contributed by atoms with van der Waals surface area (Å²) in [5.41, 5.74) is 12.3. The number of aryl methyl sites for hydroxylation is 2. The average Bonchev–Trinajstić information content (AvgIpc) is 3.05. The molecule has 0 bridgehead atoms. The van der Waals surface area contributed by atoms with Crippen LogP contribution in [0.5, 0.6) is 0 Å². The van der Waals surface area contributed by atoms with E-state index in [0.29, 0.717) is 0 Å². The van der Waals surface area contributed by atoms with Crippen LogP contribution in [0.3, 0.4) is 0 Å². The van der Waals surface area contributed by atoms with Crippen molar-refractivity contribution >= 4 is 27.4 Å². The minimum absolute atomic E-state index is 0.914. The van der Waals surface area contributed by atoms with Crippen LogP contribution in [-0.4, -0.2) is 9.97 Å². The minimum Gasteiger partial charge on any atom is -0.390 e. The van der Waals surface area contributed by atoms with Crippen molar-refractivity contribution in [2.75, 3.05) is 5.73 Å². The Balaban J connectivity index is 1.88. The first-order valence-electron chi connectivity index (χ1n) is 7.65. The number of aromatic nitrogens is 2. The van der Waals surface area contributed by atoms with E-state index in [-0.39, 0.29) is 0 Å². The topological polar surface area (TPSA) is 54.7 Å². The van der Waals surface area contributed by atoms with E-state index in [1.165, 1.54) is 35.3 Å². The van der Waals surface area contributed by atoms with E-state index >= 15 is 0 Å². The quantitative estimate of drug-likeness (QED) is 0.740. The van der Waals surface area contributed by atoms with Gasteiger partial charge in [-0.2, -0.15) is 0 Å². The second-order valence-electron chi connectivity index (χ2n) is 5.74. The van der Waals surface area contributed by atoms with Crippen LogP contribution in [0, 0.1) is 0 Å². The van der Waals surface area contributed by atoms with Gasteiger partial charge >= 0.3 is 0 Å². The molecule has 0 radical (unpaired) electrons. The fourth-order valence-corrected chi connectivity index (χ4v) is 4.40. The van der Waals surface area contributed by atoms with Crippen molar-refractivity contribution in [2.45, 2.75) is 39.0 Å². The van der Waals surface area contributed by atoms with Crippen molar-refractivity contribution in [1.82, 2.24) is 9.97 Å². The summed E-state index contributed by atoms with van der Waals surface area (Å²) in [6, 6.07) is 6.45. The molecule has 0 atom stereocenters. The van der Waals surface area contributed by atoms with Gasteiger partial charge in [0.05, 0.1) is 21.6 Å². The molecule has 0 amide bonds. The van der Waals surface area contributed by atoms with Gasteiger partial charge in [-0.15, -0.1) is 11.3 Å². The number of nitrogens with two attached hydrogens (primary N) is 1. The highest BCUT2D eigenvalue weighted by atomic mass is 32.1. The Bertz CT molecular complexity index is 813. The highest BCUT2D eigenvalue weighted by Gasteiger charge is 2.22. The molecule has 21 heavy (non-hydrogen) atoms. The predicted molar refractivity (Wildman–Crippen MR) is 89.8 cm³/mol. The number of anilines is 1. The van der Waals surface area contributed by atoms with Crippen molar-refractivity contribution in [3.63, 3.8) is 0 Å². The minimum atomic E-state index is 0.914. The standard InChI is InChI=1S/C17H19N3S/c1-2-10-7-8-12-13(9-10)20-17(19-12)15-11-5-3-4-6-14(11)21-16(15)18/h7-9H,2-6,18H2,1H3,(H,19,20). The van der Waals surface area contributed by atoms with Gasteiger partial charge in [0.1, 0.15) is 5.82 Å². The molecule has 4 heteroatoms. The number of nitrogens with one attached hydrogen (secondary N) is 1. The number of imidazole rings is 1. The van der Waals surface area contributed by atoms with Gasteiger partial charge < -0.3 is 10.7 Å². The maximum atomic E-state index is 6.29. The number of rotatable bonds is 2. The summed E-state index contributed by atoms with van der Waals surface area (Å²) in [5, 5.41) is 0.914. The number of hydrogen-bond acceptors (Lipinski definition) is 3. The first-order chi connectivity index (χ1) is 10.3. The van der Waals surface area contributed by atoms with Crippen LogP contribution in [0.2, 0.25) is 0 Å². The van der Waals surface area contributed by atoms with E-state index in [4.69, 9.17) is 10.7 Å². The molecule has 0 spiro atoms. The third kappa shape index (κ3) is 2.05. The summed E-state index contributed by atoms with van der Waals surface area (Å²) >= 11 is 1.75. The number of fused-ring (bicyclic) bond motifs is 2. The maximum absolute atomic E-state index is 6.29. The van der Waals surface area contributed by atoms with Crippen LogP contribution in [-0.2, 0) is 19.3 Å². The van der Waals surface area contributed by atoms with Gasteiger partial charge in [0.25, 0.3) is 0 Å². The van der Waals surface area contributed by atoms with Crippen molar-refractivity contribution in [3.05, 3.63) is 34.2 Å². The molecule has 2 heterocycles. The van der Waals surface area contributed by atoms with E-state index < -0.39 is 0 Å². The van der Waals surface area contributed by atoms with Crippen molar-refractivity contribution in [2.24, 2.45) is 0 Å². The first-order valence-corrected chi connectivity index (χ1v) is 8.47. The molecule has 0 aliphatic heterocycles. The molecule has 1 aromatic carbocycles. The zero-order valence-electron chi connectivity index (χ0n) is 12.2. The first kappa shape index (κ1) is 12.9. The molecule has 2 aromatic heterocycles. The fraction of sp³-hybridized carbons (Fsp3) is 0.353. The van der Waals surface area contributed by atoms with Crippen molar-refractivity contribution in [1.29, 1.82) is 0 Å². The molecule has 0 fully saturated rings. The third-order valence-corrected chi connectivity index (χ3v) is 5.51. The molecule has 0 saturated carbocycles. The molecule has 108 valence electrons. The summed E-state index contributed by atoms with van der Waals surface area (Å²) < 4.78 is 0. The molecule has 0 saturated heterocycles. The van der Waals surface area contributed by atoms with E-state index in [2.05, 4.69) is 30.1 Å². The SMILES string of the molecule is CCc1ccc2nc(-c3c(N)sc4c3CCCC4)[nH]c2c1. The molecule has 0 unspecified atom stereocenters.